The van der Waals surface area contributed by atoms with E-state index in [0.717, 1.165) is 38.8 Å². The fourth-order valence-corrected chi connectivity index (χ4v) is 3.53. The van der Waals surface area contributed by atoms with Crippen LogP contribution in [-0.4, -0.2) is 31.1 Å². The Balaban J connectivity index is 1.96. The van der Waals surface area contributed by atoms with Crippen molar-refractivity contribution in [3.05, 3.63) is 23.6 Å². The molecule has 0 saturated carbocycles. The van der Waals surface area contributed by atoms with Gasteiger partial charge >= 0.3 is 0 Å². The molecule has 0 bridgehead atoms. The van der Waals surface area contributed by atoms with Gasteiger partial charge in [-0.05, 0) is 25.1 Å². The van der Waals surface area contributed by atoms with Gasteiger partial charge in [0, 0.05) is 18.9 Å². The standard InChI is InChI=1S/C12H14N6S2/c1-3-4-13-9-7-18-6-5-14-10(18)11(15-9)20-12-17-16-8(2)19-12/h5-7,13H,3-4H2,1-2H3. The minimum absolute atomic E-state index is 0.838. The number of hydrogen-bond acceptors (Lipinski definition) is 7. The molecule has 0 amide bonds. The molecule has 8 heteroatoms. The number of anilines is 1. The van der Waals surface area contributed by atoms with Crippen LogP contribution in [0.15, 0.2) is 28.0 Å². The van der Waals surface area contributed by atoms with Crippen LogP contribution in [0, 0.1) is 6.92 Å². The van der Waals surface area contributed by atoms with Gasteiger partial charge in [0.05, 0.1) is 6.20 Å². The molecule has 0 radical (unpaired) electrons. The second-order valence-electron chi connectivity index (χ2n) is 4.21. The molecule has 0 aromatic carbocycles. The van der Waals surface area contributed by atoms with E-state index in [1.165, 1.54) is 11.8 Å². The minimum atomic E-state index is 0.838. The van der Waals surface area contributed by atoms with E-state index < -0.39 is 0 Å². The van der Waals surface area contributed by atoms with Gasteiger partial charge in [-0.2, -0.15) is 0 Å². The van der Waals surface area contributed by atoms with Gasteiger partial charge in [0.2, 0.25) is 0 Å². The SMILES string of the molecule is CCCNc1cn2ccnc2c(Sc2nnc(C)s2)n1. The third kappa shape index (κ3) is 2.75. The van der Waals surface area contributed by atoms with Crippen LogP contribution in [-0.2, 0) is 0 Å². The van der Waals surface area contributed by atoms with E-state index in [4.69, 9.17) is 0 Å². The average Bonchev–Trinajstić information content (AvgIpc) is 3.05. The molecule has 0 unspecified atom stereocenters. The van der Waals surface area contributed by atoms with Crippen LogP contribution >= 0.6 is 23.1 Å². The van der Waals surface area contributed by atoms with E-state index in [9.17, 15) is 0 Å². The zero-order valence-electron chi connectivity index (χ0n) is 11.2. The third-order valence-electron chi connectivity index (χ3n) is 2.59. The quantitative estimate of drug-likeness (QED) is 0.782. The number of fused-ring (bicyclic) bond motifs is 1. The number of imidazole rings is 1. The predicted octanol–water partition coefficient (Wildman–Crippen LogP) is 2.86. The molecular formula is C12H14N6S2. The van der Waals surface area contributed by atoms with Crippen molar-refractivity contribution >= 4 is 34.6 Å². The normalized spacial score (nSPS) is 11.1. The number of aryl methyl sites for hydroxylation is 1. The van der Waals surface area contributed by atoms with Gasteiger partial charge in [-0.15, -0.1) is 10.2 Å². The van der Waals surface area contributed by atoms with Gasteiger partial charge in [0.15, 0.2) is 9.99 Å². The summed E-state index contributed by atoms with van der Waals surface area (Å²) in [6.45, 7) is 4.97. The molecule has 0 aliphatic heterocycles. The van der Waals surface area contributed by atoms with Crippen LogP contribution < -0.4 is 5.32 Å². The highest BCUT2D eigenvalue weighted by Gasteiger charge is 2.11. The van der Waals surface area contributed by atoms with Crippen LogP contribution in [0.5, 0.6) is 0 Å². The van der Waals surface area contributed by atoms with Crippen molar-refractivity contribution in [3.63, 3.8) is 0 Å². The van der Waals surface area contributed by atoms with Crippen molar-refractivity contribution in [1.29, 1.82) is 0 Å². The summed E-state index contributed by atoms with van der Waals surface area (Å²) >= 11 is 3.06. The lowest BCUT2D eigenvalue weighted by Crippen LogP contribution is -2.04. The first-order valence-electron chi connectivity index (χ1n) is 6.32. The monoisotopic (exact) mass is 306 g/mol. The fraction of sp³-hybridized carbons (Fsp3) is 0.333. The fourth-order valence-electron chi connectivity index (χ4n) is 1.71. The lowest BCUT2D eigenvalue weighted by molar-refractivity contribution is 0.942. The van der Waals surface area contributed by atoms with Gasteiger partial charge in [0.25, 0.3) is 0 Å². The van der Waals surface area contributed by atoms with Gasteiger partial charge < -0.3 is 9.72 Å². The first-order chi connectivity index (χ1) is 9.76. The summed E-state index contributed by atoms with van der Waals surface area (Å²) in [5.41, 5.74) is 0.838. The van der Waals surface area contributed by atoms with E-state index in [1.54, 1.807) is 17.5 Å². The third-order valence-corrected chi connectivity index (χ3v) is 4.45. The van der Waals surface area contributed by atoms with Gasteiger partial charge in [-0.3, -0.25) is 0 Å². The first-order valence-corrected chi connectivity index (χ1v) is 7.95. The lowest BCUT2D eigenvalue weighted by Gasteiger charge is -2.07. The zero-order valence-corrected chi connectivity index (χ0v) is 12.8. The summed E-state index contributed by atoms with van der Waals surface area (Å²) in [5.74, 6) is 0.848. The Morgan fingerprint density at radius 2 is 2.30 bits per heavy atom. The first kappa shape index (κ1) is 13.3. The molecule has 3 heterocycles. The highest BCUT2D eigenvalue weighted by molar-refractivity contribution is 8.01. The number of hydrogen-bond donors (Lipinski definition) is 1. The molecule has 104 valence electrons. The highest BCUT2D eigenvalue weighted by atomic mass is 32.2. The topological polar surface area (TPSA) is 68.0 Å². The Bertz CT molecular complexity index is 720. The van der Waals surface area contributed by atoms with Gasteiger partial charge in [-0.1, -0.05) is 18.3 Å². The van der Waals surface area contributed by atoms with Crippen LogP contribution in [0.4, 0.5) is 5.82 Å². The van der Waals surface area contributed by atoms with Crippen molar-refractivity contribution in [2.24, 2.45) is 0 Å². The Morgan fingerprint density at radius 3 is 3.05 bits per heavy atom. The van der Waals surface area contributed by atoms with Crippen LogP contribution in [0.2, 0.25) is 0 Å². The van der Waals surface area contributed by atoms with Crippen molar-refractivity contribution in [3.8, 4) is 0 Å². The highest BCUT2D eigenvalue weighted by Crippen LogP contribution is 2.31. The summed E-state index contributed by atoms with van der Waals surface area (Å²) in [4.78, 5) is 8.97. The average molecular weight is 306 g/mol. The maximum absolute atomic E-state index is 4.62. The van der Waals surface area contributed by atoms with Crippen LogP contribution in [0.25, 0.3) is 5.65 Å². The lowest BCUT2D eigenvalue weighted by atomic mass is 10.5. The molecule has 3 rings (SSSR count). The molecule has 0 spiro atoms. The number of aromatic nitrogens is 5. The van der Waals surface area contributed by atoms with Crippen molar-refractivity contribution in [2.75, 3.05) is 11.9 Å². The van der Waals surface area contributed by atoms with E-state index in [0.29, 0.717) is 0 Å². The number of nitrogens with zero attached hydrogens (tertiary/aromatic N) is 5. The summed E-state index contributed by atoms with van der Waals surface area (Å²) in [7, 11) is 0. The molecule has 1 N–H and O–H groups in total. The Labute approximate surface area is 124 Å². The molecule has 0 saturated heterocycles. The molecule has 0 aliphatic rings. The number of rotatable bonds is 5. The molecule has 3 aromatic heterocycles. The second kappa shape index (κ2) is 5.76. The Morgan fingerprint density at radius 1 is 1.40 bits per heavy atom. The van der Waals surface area contributed by atoms with E-state index in [-0.39, 0.29) is 0 Å². The summed E-state index contributed by atoms with van der Waals surface area (Å²) < 4.78 is 2.86. The zero-order chi connectivity index (χ0) is 13.9. The summed E-state index contributed by atoms with van der Waals surface area (Å²) in [6, 6.07) is 0. The summed E-state index contributed by atoms with van der Waals surface area (Å²) in [6.07, 6.45) is 6.70. The van der Waals surface area contributed by atoms with Crippen molar-refractivity contribution in [2.45, 2.75) is 29.6 Å². The molecule has 0 fully saturated rings. The van der Waals surface area contributed by atoms with Crippen LogP contribution in [0.1, 0.15) is 18.4 Å². The summed E-state index contributed by atoms with van der Waals surface area (Å²) in [5, 5.41) is 13.3. The van der Waals surface area contributed by atoms with E-state index in [2.05, 4.69) is 32.4 Å². The van der Waals surface area contributed by atoms with Gasteiger partial charge in [-0.25, -0.2) is 9.97 Å². The minimum Gasteiger partial charge on any atom is -0.369 e. The Hall–Kier alpha value is -1.67. The second-order valence-corrected chi connectivity index (χ2v) is 6.62. The van der Waals surface area contributed by atoms with Crippen molar-refractivity contribution < 1.29 is 0 Å². The maximum Gasteiger partial charge on any atom is 0.180 e. The van der Waals surface area contributed by atoms with Gasteiger partial charge in [0.1, 0.15) is 15.9 Å². The molecule has 0 aliphatic carbocycles. The largest absolute Gasteiger partial charge is 0.369 e. The van der Waals surface area contributed by atoms with E-state index >= 15 is 0 Å². The van der Waals surface area contributed by atoms with Crippen LogP contribution in [0.3, 0.4) is 0 Å². The molecule has 3 aromatic rings. The molecule has 6 nitrogen and oxygen atoms in total. The molecule has 20 heavy (non-hydrogen) atoms. The smallest absolute Gasteiger partial charge is 0.180 e. The van der Waals surface area contributed by atoms with E-state index in [1.807, 2.05) is 23.7 Å². The number of nitrogens with one attached hydrogen (secondary N) is 1. The molecular weight excluding hydrogens is 292 g/mol. The van der Waals surface area contributed by atoms with Crippen molar-refractivity contribution in [1.82, 2.24) is 24.6 Å². The molecule has 0 atom stereocenters. The Kier molecular flexibility index (Phi) is 3.83. The maximum atomic E-state index is 4.62. The predicted molar refractivity (Wildman–Crippen MR) is 80.5 cm³/mol.